The van der Waals surface area contributed by atoms with Crippen molar-refractivity contribution in [3.8, 4) is 0 Å². The van der Waals surface area contributed by atoms with Crippen LogP contribution in [0.2, 0.25) is 5.02 Å². The highest BCUT2D eigenvalue weighted by atomic mass is 35.5. The lowest BCUT2D eigenvalue weighted by Crippen LogP contribution is -2.41. The molecule has 3 heteroatoms. The molecule has 0 aliphatic carbocycles. The molecule has 0 saturated carbocycles. The third-order valence-electron chi connectivity index (χ3n) is 3.35. The zero-order valence-corrected chi connectivity index (χ0v) is 11.2. The number of anilines is 1. The van der Waals surface area contributed by atoms with E-state index in [1.165, 1.54) is 0 Å². The lowest BCUT2D eigenvalue weighted by Gasteiger charge is -2.38. The first-order valence-electron chi connectivity index (χ1n) is 5.55. The van der Waals surface area contributed by atoms with Crippen molar-refractivity contribution in [3.05, 3.63) is 28.8 Å². The molecule has 2 nitrogen and oxygen atoms in total. The molecule has 0 spiro atoms. The van der Waals surface area contributed by atoms with E-state index in [1.807, 2.05) is 25.2 Å². The van der Waals surface area contributed by atoms with Crippen LogP contribution in [-0.2, 0) is 6.61 Å². The SMILES string of the molecule is CCC(C)(C)N(C)c1ccc(Cl)cc1CO. The summed E-state index contributed by atoms with van der Waals surface area (Å²) >= 11 is 5.92. The second-order valence-corrected chi connectivity index (χ2v) is 5.09. The fraction of sp³-hybridized carbons (Fsp3) is 0.538. The van der Waals surface area contributed by atoms with Gasteiger partial charge in [0.2, 0.25) is 0 Å². The molecule has 0 aliphatic rings. The predicted octanol–water partition coefficient (Wildman–Crippen LogP) is 3.46. The van der Waals surface area contributed by atoms with Crippen LogP contribution in [0.25, 0.3) is 0 Å². The van der Waals surface area contributed by atoms with Gasteiger partial charge in [-0.1, -0.05) is 18.5 Å². The molecule has 0 heterocycles. The normalized spacial score (nSPS) is 11.6. The van der Waals surface area contributed by atoms with Gasteiger partial charge in [-0.05, 0) is 38.5 Å². The minimum absolute atomic E-state index is 0.0139. The minimum Gasteiger partial charge on any atom is -0.392 e. The first-order valence-corrected chi connectivity index (χ1v) is 5.93. The van der Waals surface area contributed by atoms with E-state index < -0.39 is 0 Å². The van der Waals surface area contributed by atoms with Crippen molar-refractivity contribution in [3.63, 3.8) is 0 Å². The number of aliphatic hydroxyl groups excluding tert-OH is 1. The highest BCUT2D eigenvalue weighted by Gasteiger charge is 2.23. The average molecular weight is 242 g/mol. The zero-order valence-electron chi connectivity index (χ0n) is 10.4. The molecule has 0 atom stereocenters. The van der Waals surface area contributed by atoms with Crippen LogP contribution in [0.5, 0.6) is 0 Å². The van der Waals surface area contributed by atoms with Gasteiger partial charge in [-0.25, -0.2) is 0 Å². The maximum Gasteiger partial charge on any atom is 0.0702 e. The summed E-state index contributed by atoms with van der Waals surface area (Å²) in [5, 5.41) is 10.0. The van der Waals surface area contributed by atoms with Crippen LogP contribution in [0, 0.1) is 0 Å². The Bertz CT molecular complexity index is 363. The maximum absolute atomic E-state index is 9.34. The first-order chi connectivity index (χ1) is 7.42. The van der Waals surface area contributed by atoms with Gasteiger partial charge in [0.15, 0.2) is 0 Å². The number of benzene rings is 1. The summed E-state index contributed by atoms with van der Waals surface area (Å²) in [6.45, 7) is 6.54. The number of nitrogens with zero attached hydrogens (tertiary/aromatic N) is 1. The van der Waals surface area contributed by atoms with Gasteiger partial charge in [-0.2, -0.15) is 0 Å². The van der Waals surface area contributed by atoms with Gasteiger partial charge in [0.25, 0.3) is 0 Å². The lowest BCUT2D eigenvalue weighted by molar-refractivity contribution is 0.281. The predicted molar refractivity (Wildman–Crippen MR) is 70.1 cm³/mol. The van der Waals surface area contributed by atoms with Crippen molar-refractivity contribution in [1.82, 2.24) is 0 Å². The summed E-state index contributed by atoms with van der Waals surface area (Å²) in [6.07, 6.45) is 1.04. The second-order valence-electron chi connectivity index (χ2n) is 4.66. The minimum atomic E-state index is 0.0139. The van der Waals surface area contributed by atoms with Crippen molar-refractivity contribution in [2.75, 3.05) is 11.9 Å². The van der Waals surface area contributed by atoms with Gasteiger partial charge in [-0.3, -0.25) is 0 Å². The first kappa shape index (κ1) is 13.3. The summed E-state index contributed by atoms with van der Waals surface area (Å²) in [6, 6.07) is 5.64. The Morgan fingerprint density at radius 2 is 2.00 bits per heavy atom. The number of rotatable bonds is 4. The molecule has 1 N–H and O–H groups in total. The number of hydrogen-bond acceptors (Lipinski definition) is 2. The van der Waals surface area contributed by atoms with E-state index in [2.05, 4.69) is 25.7 Å². The molecule has 1 aromatic carbocycles. The molecular weight excluding hydrogens is 222 g/mol. The maximum atomic E-state index is 9.34. The Morgan fingerprint density at radius 1 is 1.38 bits per heavy atom. The largest absolute Gasteiger partial charge is 0.392 e. The van der Waals surface area contributed by atoms with Gasteiger partial charge in [0, 0.05) is 28.9 Å². The molecule has 0 bridgehead atoms. The average Bonchev–Trinajstić information content (AvgIpc) is 2.27. The molecule has 0 fully saturated rings. The molecule has 0 unspecified atom stereocenters. The van der Waals surface area contributed by atoms with Crippen LogP contribution < -0.4 is 4.90 Å². The highest BCUT2D eigenvalue weighted by molar-refractivity contribution is 6.30. The Morgan fingerprint density at radius 3 is 2.50 bits per heavy atom. The van der Waals surface area contributed by atoms with Crippen molar-refractivity contribution >= 4 is 17.3 Å². The number of halogens is 1. The molecule has 1 rings (SSSR count). The van der Waals surface area contributed by atoms with Crippen molar-refractivity contribution in [2.45, 2.75) is 39.3 Å². The van der Waals surface area contributed by atoms with E-state index in [0.29, 0.717) is 5.02 Å². The van der Waals surface area contributed by atoms with Crippen LogP contribution in [-0.4, -0.2) is 17.7 Å². The molecule has 0 radical (unpaired) electrons. The molecule has 0 aromatic heterocycles. The van der Waals surface area contributed by atoms with Gasteiger partial charge in [-0.15, -0.1) is 0 Å². The quantitative estimate of drug-likeness (QED) is 0.873. The van der Waals surface area contributed by atoms with Crippen LogP contribution >= 0.6 is 11.6 Å². The molecular formula is C13H20ClNO. The third-order valence-corrected chi connectivity index (χ3v) is 3.58. The van der Waals surface area contributed by atoms with Crippen molar-refractivity contribution < 1.29 is 5.11 Å². The van der Waals surface area contributed by atoms with E-state index in [4.69, 9.17) is 11.6 Å². The second kappa shape index (κ2) is 5.07. The molecule has 0 amide bonds. The van der Waals surface area contributed by atoms with E-state index in [1.54, 1.807) is 0 Å². The molecule has 16 heavy (non-hydrogen) atoms. The summed E-state index contributed by atoms with van der Waals surface area (Å²) < 4.78 is 0. The Labute approximate surface area is 103 Å². The summed E-state index contributed by atoms with van der Waals surface area (Å²) in [5.74, 6) is 0. The number of aliphatic hydroxyl groups is 1. The van der Waals surface area contributed by atoms with Gasteiger partial charge in [0.1, 0.15) is 0 Å². The summed E-state index contributed by atoms with van der Waals surface area (Å²) in [4.78, 5) is 2.19. The molecule has 0 saturated heterocycles. The number of hydrogen-bond donors (Lipinski definition) is 1. The fourth-order valence-electron chi connectivity index (χ4n) is 1.57. The Hall–Kier alpha value is -0.730. The topological polar surface area (TPSA) is 23.5 Å². The van der Waals surface area contributed by atoms with Crippen LogP contribution in [0.1, 0.15) is 32.8 Å². The zero-order chi connectivity index (χ0) is 12.3. The molecule has 90 valence electrons. The van der Waals surface area contributed by atoms with Crippen LogP contribution in [0.4, 0.5) is 5.69 Å². The highest BCUT2D eigenvalue weighted by Crippen LogP contribution is 2.29. The Balaban J connectivity index is 3.13. The van der Waals surface area contributed by atoms with E-state index in [9.17, 15) is 5.11 Å². The van der Waals surface area contributed by atoms with E-state index in [-0.39, 0.29) is 12.1 Å². The van der Waals surface area contributed by atoms with Crippen LogP contribution in [0.15, 0.2) is 18.2 Å². The van der Waals surface area contributed by atoms with Crippen molar-refractivity contribution in [2.24, 2.45) is 0 Å². The molecule has 1 aromatic rings. The van der Waals surface area contributed by atoms with E-state index >= 15 is 0 Å². The third kappa shape index (κ3) is 2.69. The van der Waals surface area contributed by atoms with Gasteiger partial charge >= 0.3 is 0 Å². The molecule has 0 aliphatic heterocycles. The monoisotopic (exact) mass is 241 g/mol. The van der Waals surface area contributed by atoms with Crippen LogP contribution in [0.3, 0.4) is 0 Å². The Kier molecular flexibility index (Phi) is 4.22. The standard InChI is InChI=1S/C13H20ClNO/c1-5-13(2,3)15(4)12-7-6-11(14)8-10(12)9-16/h6-8,16H,5,9H2,1-4H3. The summed E-state index contributed by atoms with van der Waals surface area (Å²) in [7, 11) is 2.05. The van der Waals surface area contributed by atoms with Crippen molar-refractivity contribution in [1.29, 1.82) is 0 Å². The summed E-state index contributed by atoms with van der Waals surface area (Å²) in [5.41, 5.74) is 1.98. The van der Waals surface area contributed by atoms with Gasteiger partial charge in [0.05, 0.1) is 6.61 Å². The lowest BCUT2D eigenvalue weighted by atomic mass is 9.98. The fourth-order valence-corrected chi connectivity index (χ4v) is 1.77. The smallest absolute Gasteiger partial charge is 0.0702 e. The van der Waals surface area contributed by atoms with E-state index in [0.717, 1.165) is 17.7 Å². The van der Waals surface area contributed by atoms with Gasteiger partial charge < -0.3 is 10.0 Å².